The summed E-state index contributed by atoms with van der Waals surface area (Å²) in [6.07, 6.45) is 6.89. The number of carbonyl (C=O) groups is 2. The van der Waals surface area contributed by atoms with E-state index in [0.717, 1.165) is 44.3 Å². The van der Waals surface area contributed by atoms with Crippen molar-refractivity contribution >= 4 is 12.0 Å². The van der Waals surface area contributed by atoms with E-state index in [2.05, 4.69) is 11.9 Å². The maximum Gasteiger partial charge on any atom is 0.409 e. The summed E-state index contributed by atoms with van der Waals surface area (Å²) >= 11 is 0. The van der Waals surface area contributed by atoms with Crippen LogP contribution in [0.4, 0.5) is 4.79 Å². The molecule has 26 heavy (non-hydrogen) atoms. The van der Waals surface area contributed by atoms with Crippen LogP contribution in [0.15, 0.2) is 24.4 Å². The fourth-order valence-electron chi connectivity index (χ4n) is 4.03. The van der Waals surface area contributed by atoms with Crippen LogP contribution in [0.25, 0.3) is 0 Å². The van der Waals surface area contributed by atoms with Gasteiger partial charge in [-0.2, -0.15) is 0 Å². The molecule has 0 saturated carbocycles. The van der Waals surface area contributed by atoms with E-state index in [0.29, 0.717) is 32.7 Å². The predicted octanol–water partition coefficient (Wildman–Crippen LogP) is 3.22. The third kappa shape index (κ3) is 4.54. The molecule has 2 aliphatic rings. The van der Waals surface area contributed by atoms with Crippen LogP contribution in [-0.4, -0.2) is 53.0 Å². The minimum absolute atomic E-state index is 0.00921. The summed E-state index contributed by atoms with van der Waals surface area (Å²) in [7, 11) is 0. The lowest BCUT2D eigenvalue weighted by molar-refractivity contribution is -0.140. The van der Waals surface area contributed by atoms with Crippen molar-refractivity contribution in [2.75, 3.05) is 26.2 Å². The zero-order valence-electron chi connectivity index (χ0n) is 15.7. The molecule has 6 heteroatoms. The molecule has 0 bridgehead atoms. The molecular weight excluding hydrogens is 330 g/mol. The zero-order chi connectivity index (χ0) is 18.4. The molecule has 2 amide bonds. The second-order valence-corrected chi connectivity index (χ2v) is 7.56. The first kappa shape index (κ1) is 18.7. The van der Waals surface area contributed by atoms with Crippen LogP contribution in [0.5, 0.6) is 0 Å². The topological polar surface area (TPSA) is 62.7 Å². The second-order valence-electron chi connectivity index (χ2n) is 7.56. The Labute approximate surface area is 155 Å². The van der Waals surface area contributed by atoms with E-state index < -0.39 is 0 Å². The maximum absolute atomic E-state index is 12.4. The van der Waals surface area contributed by atoms with E-state index in [1.54, 1.807) is 6.20 Å². The molecule has 0 aliphatic carbocycles. The lowest BCUT2D eigenvalue weighted by Gasteiger charge is -2.47. The van der Waals surface area contributed by atoms with Gasteiger partial charge in [-0.05, 0) is 37.8 Å². The molecule has 1 aromatic heterocycles. The van der Waals surface area contributed by atoms with E-state index in [9.17, 15) is 9.59 Å². The molecule has 0 unspecified atom stereocenters. The second kappa shape index (κ2) is 8.52. The first-order chi connectivity index (χ1) is 12.6. The minimum atomic E-state index is -0.203. The summed E-state index contributed by atoms with van der Waals surface area (Å²) in [5.41, 5.74) is 0.898. The number of aromatic nitrogens is 1. The minimum Gasteiger partial charge on any atom is -0.449 e. The number of likely N-dealkylation sites (tertiary alicyclic amines) is 2. The van der Waals surface area contributed by atoms with E-state index in [1.165, 1.54) is 0 Å². The smallest absolute Gasteiger partial charge is 0.409 e. The third-order valence-electron chi connectivity index (χ3n) is 5.47. The molecule has 0 N–H and O–H groups in total. The highest BCUT2D eigenvalue weighted by Crippen LogP contribution is 2.39. The summed E-state index contributed by atoms with van der Waals surface area (Å²) in [6, 6.07) is 5.78. The Morgan fingerprint density at radius 2 is 2.19 bits per heavy atom. The standard InChI is InChI=1S/C20H29N3O3/c1-2-3-13-26-19(25)22-12-6-9-20(15-22)10-8-18(24)23(16-20)14-17-7-4-5-11-21-17/h4-5,7,11H,2-3,6,8-10,12-16H2,1H3/t20-/m0/s1. The molecule has 3 rings (SSSR count). The first-order valence-electron chi connectivity index (χ1n) is 9.71. The van der Waals surface area contributed by atoms with Gasteiger partial charge in [-0.1, -0.05) is 19.4 Å². The lowest BCUT2D eigenvalue weighted by Crippen LogP contribution is -2.55. The van der Waals surface area contributed by atoms with Gasteiger partial charge in [0.2, 0.25) is 5.91 Å². The number of nitrogens with zero attached hydrogens (tertiary/aromatic N) is 3. The quantitative estimate of drug-likeness (QED) is 0.757. The monoisotopic (exact) mass is 359 g/mol. The molecule has 2 fully saturated rings. The Bertz CT molecular complexity index is 622. The number of hydrogen-bond donors (Lipinski definition) is 0. The summed E-state index contributed by atoms with van der Waals surface area (Å²) in [4.78, 5) is 32.9. The number of ether oxygens (including phenoxy) is 1. The number of rotatable bonds is 5. The third-order valence-corrected chi connectivity index (χ3v) is 5.47. The highest BCUT2D eigenvalue weighted by molar-refractivity contribution is 5.77. The van der Waals surface area contributed by atoms with Crippen LogP contribution in [0.2, 0.25) is 0 Å². The fourth-order valence-corrected chi connectivity index (χ4v) is 4.03. The highest BCUT2D eigenvalue weighted by atomic mass is 16.6. The molecule has 1 atom stereocenters. The van der Waals surface area contributed by atoms with E-state index in [-0.39, 0.29) is 17.4 Å². The molecule has 2 aliphatic heterocycles. The van der Waals surface area contributed by atoms with Gasteiger partial charge in [-0.3, -0.25) is 9.78 Å². The zero-order valence-corrected chi connectivity index (χ0v) is 15.7. The summed E-state index contributed by atoms with van der Waals surface area (Å²) < 4.78 is 5.40. The van der Waals surface area contributed by atoms with Crippen molar-refractivity contribution in [1.29, 1.82) is 0 Å². The highest BCUT2D eigenvalue weighted by Gasteiger charge is 2.43. The average molecular weight is 359 g/mol. The van der Waals surface area contributed by atoms with Crippen LogP contribution in [0.1, 0.15) is 51.1 Å². The average Bonchev–Trinajstić information content (AvgIpc) is 2.66. The van der Waals surface area contributed by atoms with E-state index in [1.807, 2.05) is 28.0 Å². The molecule has 0 aromatic carbocycles. The Hall–Kier alpha value is -2.11. The largest absolute Gasteiger partial charge is 0.449 e. The van der Waals surface area contributed by atoms with Gasteiger partial charge in [0.05, 0.1) is 18.8 Å². The summed E-state index contributed by atoms with van der Waals surface area (Å²) in [6.45, 7) is 5.25. The van der Waals surface area contributed by atoms with Crippen LogP contribution in [-0.2, 0) is 16.1 Å². The number of pyridine rings is 1. The van der Waals surface area contributed by atoms with Gasteiger partial charge in [0.25, 0.3) is 0 Å². The number of unbranched alkanes of at least 4 members (excludes halogenated alkanes) is 1. The van der Waals surface area contributed by atoms with Crippen LogP contribution >= 0.6 is 0 Å². The number of carbonyl (C=O) groups excluding carboxylic acids is 2. The van der Waals surface area contributed by atoms with Crippen molar-refractivity contribution in [3.8, 4) is 0 Å². The first-order valence-corrected chi connectivity index (χ1v) is 9.71. The molecule has 3 heterocycles. The molecular formula is C20H29N3O3. The molecule has 1 aromatic rings. The van der Waals surface area contributed by atoms with Gasteiger partial charge in [-0.25, -0.2) is 4.79 Å². The van der Waals surface area contributed by atoms with Crippen molar-refractivity contribution in [3.05, 3.63) is 30.1 Å². The number of amides is 2. The Kier molecular flexibility index (Phi) is 6.12. The van der Waals surface area contributed by atoms with Gasteiger partial charge in [0.15, 0.2) is 0 Å². The van der Waals surface area contributed by atoms with Gasteiger partial charge in [0, 0.05) is 37.7 Å². The Balaban J connectivity index is 1.62. The van der Waals surface area contributed by atoms with Crippen molar-refractivity contribution in [2.24, 2.45) is 5.41 Å². The van der Waals surface area contributed by atoms with E-state index >= 15 is 0 Å². The molecule has 6 nitrogen and oxygen atoms in total. The normalized spacial score (nSPS) is 23.3. The van der Waals surface area contributed by atoms with Crippen LogP contribution < -0.4 is 0 Å². The van der Waals surface area contributed by atoms with E-state index in [4.69, 9.17) is 4.74 Å². The van der Waals surface area contributed by atoms with Crippen molar-refractivity contribution in [1.82, 2.24) is 14.8 Å². The molecule has 142 valence electrons. The van der Waals surface area contributed by atoms with Gasteiger partial charge in [0.1, 0.15) is 0 Å². The predicted molar refractivity (Wildman–Crippen MR) is 98.4 cm³/mol. The Morgan fingerprint density at radius 3 is 2.96 bits per heavy atom. The van der Waals surface area contributed by atoms with Gasteiger partial charge < -0.3 is 14.5 Å². The fraction of sp³-hybridized carbons (Fsp3) is 0.650. The maximum atomic E-state index is 12.4. The summed E-state index contributed by atoms with van der Waals surface area (Å²) in [5.74, 6) is 0.184. The molecule has 0 radical (unpaired) electrons. The van der Waals surface area contributed by atoms with Crippen molar-refractivity contribution in [2.45, 2.75) is 52.0 Å². The van der Waals surface area contributed by atoms with Crippen LogP contribution in [0, 0.1) is 5.41 Å². The number of hydrogen-bond acceptors (Lipinski definition) is 4. The number of piperidine rings is 2. The molecule has 1 spiro atoms. The van der Waals surface area contributed by atoms with Crippen molar-refractivity contribution in [3.63, 3.8) is 0 Å². The Morgan fingerprint density at radius 1 is 1.31 bits per heavy atom. The molecule has 2 saturated heterocycles. The summed E-state index contributed by atoms with van der Waals surface area (Å²) in [5, 5.41) is 0. The van der Waals surface area contributed by atoms with Gasteiger partial charge >= 0.3 is 6.09 Å². The lowest BCUT2D eigenvalue weighted by atomic mass is 9.73. The van der Waals surface area contributed by atoms with Crippen molar-refractivity contribution < 1.29 is 14.3 Å². The SMILES string of the molecule is CCCCOC(=O)N1CCC[C@]2(CCC(=O)N(Cc3ccccn3)C2)C1. The van der Waals surface area contributed by atoms with Gasteiger partial charge in [-0.15, -0.1) is 0 Å². The van der Waals surface area contributed by atoms with Crippen LogP contribution in [0.3, 0.4) is 0 Å².